The van der Waals surface area contributed by atoms with Gasteiger partial charge in [0.1, 0.15) is 11.8 Å². The predicted molar refractivity (Wildman–Crippen MR) is 119 cm³/mol. The van der Waals surface area contributed by atoms with E-state index in [0.717, 1.165) is 38.2 Å². The first kappa shape index (κ1) is 20.6. The quantitative estimate of drug-likeness (QED) is 0.712. The number of anilines is 1. The van der Waals surface area contributed by atoms with E-state index in [4.69, 9.17) is 5.73 Å². The highest BCUT2D eigenvalue weighted by Gasteiger charge is 2.35. The SMILES string of the molecule is NC(=O)C1CC(C(=O)NCC2CCCN(Cc3cccs3)C2)=NN1c1ccccc1. The van der Waals surface area contributed by atoms with Crippen molar-refractivity contribution in [2.45, 2.75) is 31.8 Å². The molecule has 2 aromatic rings. The number of amides is 2. The van der Waals surface area contributed by atoms with Crippen molar-refractivity contribution in [3.05, 3.63) is 52.7 Å². The lowest BCUT2D eigenvalue weighted by molar-refractivity contribution is -0.119. The molecule has 2 amide bonds. The van der Waals surface area contributed by atoms with Crippen LogP contribution in [0.3, 0.4) is 0 Å². The largest absolute Gasteiger partial charge is 0.368 e. The highest BCUT2D eigenvalue weighted by atomic mass is 32.1. The maximum Gasteiger partial charge on any atom is 0.267 e. The van der Waals surface area contributed by atoms with Crippen LogP contribution in [-0.2, 0) is 16.1 Å². The second-order valence-electron chi connectivity index (χ2n) is 7.88. The Morgan fingerprint density at radius 2 is 2.03 bits per heavy atom. The average molecular weight is 426 g/mol. The Morgan fingerprint density at radius 3 is 2.77 bits per heavy atom. The fraction of sp³-hybridized carbons (Fsp3) is 0.409. The van der Waals surface area contributed by atoms with Gasteiger partial charge in [-0.1, -0.05) is 24.3 Å². The summed E-state index contributed by atoms with van der Waals surface area (Å²) in [5, 5.41) is 11.1. The number of nitrogens with two attached hydrogens (primary N) is 1. The second kappa shape index (κ2) is 9.40. The number of hydrazone groups is 1. The van der Waals surface area contributed by atoms with Gasteiger partial charge in [0.05, 0.1) is 5.69 Å². The third kappa shape index (κ3) is 4.88. The minimum absolute atomic E-state index is 0.213. The Kier molecular flexibility index (Phi) is 6.44. The number of primary amides is 1. The number of nitrogens with zero attached hydrogens (tertiary/aromatic N) is 3. The fourth-order valence-corrected chi connectivity index (χ4v) is 4.86. The maximum atomic E-state index is 12.7. The summed E-state index contributed by atoms with van der Waals surface area (Å²) >= 11 is 1.78. The third-order valence-corrected chi connectivity index (χ3v) is 6.50. The van der Waals surface area contributed by atoms with E-state index in [0.29, 0.717) is 18.2 Å². The first-order chi connectivity index (χ1) is 14.6. The molecular weight excluding hydrogens is 398 g/mol. The third-order valence-electron chi connectivity index (χ3n) is 5.64. The van der Waals surface area contributed by atoms with Crippen molar-refractivity contribution in [1.82, 2.24) is 10.2 Å². The van der Waals surface area contributed by atoms with Crippen molar-refractivity contribution in [1.29, 1.82) is 0 Å². The van der Waals surface area contributed by atoms with Gasteiger partial charge in [-0.05, 0) is 48.9 Å². The number of benzene rings is 1. The van der Waals surface area contributed by atoms with Crippen LogP contribution >= 0.6 is 11.3 Å². The molecule has 2 atom stereocenters. The number of likely N-dealkylation sites (tertiary alicyclic amines) is 1. The fourth-order valence-electron chi connectivity index (χ4n) is 4.11. The summed E-state index contributed by atoms with van der Waals surface area (Å²) < 4.78 is 0. The molecule has 0 aliphatic carbocycles. The molecule has 2 aliphatic heterocycles. The summed E-state index contributed by atoms with van der Waals surface area (Å²) in [5.74, 6) is -0.279. The molecule has 2 aliphatic rings. The molecule has 0 bridgehead atoms. The molecule has 1 aromatic heterocycles. The van der Waals surface area contributed by atoms with Crippen LogP contribution in [0, 0.1) is 5.92 Å². The van der Waals surface area contributed by atoms with Gasteiger partial charge in [0, 0.05) is 30.9 Å². The molecule has 3 N–H and O–H groups in total. The summed E-state index contributed by atoms with van der Waals surface area (Å²) in [5.41, 5.74) is 6.67. The second-order valence-corrected chi connectivity index (χ2v) is 8.91. The van der Waals surface area contributed by atoms with E-state index in [9.17, 15) is 9.59 Å². The number of hydrogen-bond acceptors (Lipinski definition) is 6. The summed E-state index contributed by atoms with van der Waals surface area (Å²) in [6, 6.07) is 12.9. The van der Waals surface area contributed by atoms with Crippen molar-refractivity contribution in [3.8, 4) is 0 Å². The number of carbonyl (C=O) groups excluding carboxylic acids is 2. The predicted octanol–water partition coefficient (Wildman–Crippen LogP) is 2.20. The van der Waals surface area contributed by atoms with Crippen molar-refractivity contribution >= 4 is 34.6 Å². The lowest BCUT2D eigenvalue weighted by Crippen LogP contribution is -2.42. The van der Waals surface area contributed by atoms with Crippen LogP contribution in [0.1, 0.15) is 24.1 Å². The molecule has 0 saturated carbocycles. The first-order valence-corrected chi connectivity index (χ1v) is 11.2. The number of para-hydroxylation sites is 1. The smallest absolute Gasteiger partial charge is 0.267 e. The molecule has 4 rings (SSSR count). The summed E-state index contributed by atoms with van der Waals surface area (Å²) in [6.45, 7) is 3.67. The lowest BCUT2D eigenvalue weighted by atomic mass is 9.97. The van der Waals surface area contributed by atoms with Crippen molar-refractivity contribution in [3.63, 3.8) is 0 Å². The number of thiophene rings is 1. The van der Waals surface area contributed by atoms with E-state index < -0.39 is 11.9 Å². The van der Waals surface area contributed by atoms with Gasteiger partial charge in [0.25, 0.3) is 5.91 Å². The molecule has 2 unspecified atom stereocenters. The van der Waals surface area contributed by atoms with Gasteiger partial charge in [-0.2, -0.15) is 5.10 Å². The molecule has 158 valence electrons. The standard InChI is InChI=1S/C22H27N5O2S/c23-21(28)20-12-19(25-27(20)17-7-2-1-3-8-17)22(29)24-13-16-6-4-10-26(14-16)15-18-9-5-11-30-18/h1-3,5,7-9,11,16,20H,4,6,10,12-15H2,(H2,23,28)(H,24,29). The molecule has 0 spiro atoms. The van der Waals surface area contributed by atoms with E-state index in [2.05, 4.69) is 32.8 Å². The molecule has 30 heavy (non-hydrogen) atoms. The number of rotatable bonds is 7. The van der Waals surface area contributed by atoms with Gasteiger partial charge < -0.3 is 11.1 Å². The van der Waals surface area contributed by atoms with E-state index in [-0.39, 0.29) is 12.3 Å². The van der Waals surface area contributed by atoms with Crippen molar-refractivity contribution in [2.75, 3.05) is 24.6 Å². The van der Waals surface area contributed by atoms with Crippen LogP contribution in [0.25, 0.3) is 0 Å². The zero-order valence-electron chi connectivity index (χ0n) is 16.9. The Bertz CT molecular complexity index is 900. The van der Waals surface area contributed by atoms with Crippen LogP contribution in [0.5, 0.6) is 0 Å². The van der Waals surface area contributed by atoms with Crippen LogP contribution in [0.2, 0.25) is 0 Å². The molecule has 8 heteroatoms. The Morgan fingerprint density at radius 1 is 1.20 bits per heavy atom. The van der Waals surface area contributed by atoms with Gasteiger partial charge in [-0.15, -0.1) is 11.3 Å². The van der Waals surface area contributed by atoms with Gasteiger partial charge >= 0.3 is 0 Å². The number of hydrogen-bond donors (Lipinski definition) is 2. The average Bonchev–Trinajstić information content (AvgIpc) is 3.43. The summed E-state index contributed by atoms with van der Waals surface area (Å²) in [7, 11) is 0. The molecule has 1 saturated heterocycles. The highest BCUT2D eigenvalue weighted by Crippen LogP contribution is 2.24. The van der Waals surface area contributed by atoms with E-state index in [1.807, 2.05) is 30.3 Å². The number of piperidine rings is 1. The Hall–Kier alpha value is -2.71. The van der Waals surface area contributed by atoms with E-state index >= 15 is 0 Å². The van der Waals surface area contributed by atoms with Crippen LogP contribution in [-0.4, -0.2) is 48.1 Å². The Balaban J connectivity index is 1.33. The minimum atomic E-state index is -0.635. The van der Waals surface area contributed by atoms with Gasteiger partial charge in [-0.3, -0.25) is 19.5 Å². The normalized spacial score (nSPS) is 22.0. The van der Waals surface area contributed by atoms with E-state index in [1.165, 1.54) is 4.88 Å². The molecule has 7 nitrogen and oxygen atoms in total. The van der Waals surface area contributed by atoms with Crippen LogP contribution in [0.15, 0.2) is 52.9 Å². The topological polar surface area (TPSA) is 91.0 Å². The molecule has 1 aromatic carbocycles. The van der Waals surface area contributed by atoms with Gasteiger partial charge in [-0.25, -0.2) is 0 Å². The number of nitrogens with one attached hydrogen (secondary N) is 1. The lowest BCUT2D eigenvalue weighted by Gasteiger charge is -2.32. The molecule has 0 radical (unpaired) electrons. The zero-order chi connectivity index (χ0) is 20.9. The summed E-state index contributed by atoms with van der Waals surface area (Å²) in [4.78, 5) is 28.5. The van der Waals surface area contributed by atoms with Crippen LogP contribution < -0.4 is 16.1 Å². The van der Waals surface area contributed by atoms with Gasteiger partial charge in [0.2, 0.25) is 5.91 Å². The highest BCUT2D eigenvalue weighted by molar-refractivity contribution is 7.09. The van der Waals surface area contributed by atoms with Crippen molar-refractivity contribution in [2.24, 2.45) is 16.8 Å². The summed E-state index contributed by atoms with van der Waals surface area (Å²) in [6.07, 6.45) is 2.47. The zero-order valence-corrected chi connectivity index (χ0v) is 17.7. The van der Waals surface area contributed by atoms with Crippen molar-refractivity contribution < 1.29 is 9.59 Å². The number of carbonyl (C=O) groups is 2. The molecule has 1 fully saturated rings. The Labute approximate surface area is 180 Å². The monoisotopic (exact) mass is 425 g/mol. The van der Waals surface area contributed by atoms with Gasteiger partial charge in [0.15, 0.2) is 0 Å². The molecular formula is C22H27N5O2S. The minimum Gasteiger partial charge on any atom is -0.368 e. The maximum absolute atomic E-state index is 12.7. The first-order valence-electron chi connectivity index (χ1n) is 10.3. The van der Waals surface area contributed by atoms with E-state index in [1.54, 1.807) is 16.3 Å². The molecule has 3 heterocycles. The van der Waals surface area contributed by atoms with Crippen LogP contribution in [0.4, 0.5) is 5.69 Å².